The lowest BCUT2D eigenvalue weighted by Crippen LogP contribution is -2.28. The molecule has 0 radical (unpaired) electrons. The largest absolute Gasteiger partial charge is 0.618 e. The van der Waals surface area contributed by atoms with E-state index in [0.717, 1.165) is 20.0 Å². The Kier molecular flexibility index (Phi) is 3.92. The van der Waals surface area contributed by atoms with Crippen molar-refractivity contribution in [2.45, 2.75) is 31.0 Å². The summed E-state index contributed by atoms with van der Waals surface area (Å²) in [5, 5.41) is 12.8. The van der Waals surface area contributed by atoms with Gasteiger partial charge in [-0.15, -0.1) is 11.3 Å². The van der Waals surface area contributed by atoms with Gasteiger partial charge < -0.3 is 10.2 Å². The monoisotopic (exact) mass is 333 g/mol. The average molecular weight is 333 g/mol. The normalized spacial score (nSPS) is 12.7. The molecule has 0 aliphatic rings. The SMILES string of the molecule is Cc1sc2nc([C@@H](C)Sc3cccc[n+]3[O-])[nH]c(=O)c2c1C. The summed E-state index contributed by atoms with van der Waals surface area (Å²) in [6.07, 6.45) is 1.46. The molecule has 3 aromatic rings. The molecule has 0 spiro atoms. The number of thioether (sulfide) groups is 1. The van der Waals surface area contributed by atoms with Crippen LogP contribution in [-0.2, 0) is 0 Å². The summed E-state index contributed by atoms with van der Waals surface area (Å²) in [4.78, 5) is 21.6. The molecule has 0 aromatic carbocycles. The molecule has 0 amide bonds. The van der Waals surface area contributed by atoms with E-state index in [1.165, 1.54) is 29.3 Å². The Labute approximate surface area is 135 Å². The number of nitrogens with zero attached hydrogens (tertiary/aromatic N) is 2. The maximum Gasteiger partial charge on any atom is 0.259 e. The number of aryl methyl sites for hydroxylation is 2. The van der Waals surface area contributed by atoms with Gasteiger partial charge in [0.2, 0.25) is 0 Å². The van der Waals surface area contributed by atoms with Gasteiger partial charge in [-0.05, 0) is 44.2 Å². The van der Waals surface area contributed by atoms with Crippen LogP contribution in [0.25, 0.3) is 10.2 Å². The number of pyridine rings is 1. The third-order valence-electron chi connectivity index (χ3n) is 3.53. The lowest BCUT2D eigenvalue weighted by molar-refractivity contribution is -0.645. The van der Waals surface area contributed by atoms with Crippen LogP contribution in [0.15, 0.2) is 34.2 Å². The zero-order valence-corrected chi connectivity index (χ0v) is 14.0. The summed E-state index contributed by atoms with van der Waals surface area (Å²) < 4.78 is 0.817. The van der Waals surface area contributed by atoms with E-state index in [2.05, 4.69) is 9.97 Å². The van der Waals surface area contributed by atoms with Crippen LogP contribution < -0.4 is 10.3 Å². The van der Waals surface area contributed by atoms with Crippen molar-refractivity contribution in [3.05, 3.63) is 56.2 Å². The van der Waals surface area contributed by atoms with E-state index in [-0.39, 0.29) is 10.8 Å². The summed E-state index contributed by atoms with van der Waals surface area (Å²) in [6, 6.07) is 5.25. The van der Waals surface area contributed by atoms with Gasteiger partial charge in [-0.3, -0.25) is 4.79 Å². The highest BCUT2D eigenvalue weighted by Gasteiger charge is 2.18. The standard InChI is InChI=1S/C15H15N3O2S2/c1-8-9(2)22-15-12(8)14(19)16-13(17-15)10(3)21-11-6-4-5-7-18(11)20/h4-7,10H,1-3H3,(H,16,17,19)/t10-/m1/s1. The molecule has 22 heavy (non-hydrogen) atoms. The Hall–Kier alpha value is -1.86. The summed E-state index contributed by atoms with van der Waals surface area (Å²) >= 11 is 2.90. The number of aromatic amines is 1. The first kappa shape index (κ1) is 15.1. The first-order chi connectivity index (χ1) is 10.5. The maximum atomic E-state index is 12.3. The molecule has 1 atom stereocenters. The number of nitrogens with one attached hydrogen (secondary N) is 1. The minimum absolute atomic E-state index is 0.114. The van der Waals surface area contributed by atoms with E-state index in [0.29, 0.717) is 16.2 Å². The van der Waals surface area contributed by atoms with E-state index >= 15 is 0 Å². The molecule has 0 saturated heterocycles. The predicted molar refractivity (Wildman–Crippen MR) is 89.4 cm³/mol. The lowest BCUT2D eigenvalue weighted by Gasteiger charge is -2.10. The topological polar surface area (TPSA) is 72.7 Å². The van der Waals surface area contributed by atoms with E-state index in [1.807, 2.05) is 26.8 Å². The molecule has 3 heterocycles. The molecule has 0 aliphatic heterocycles. The molecule has 0 unspecified atom stereocenters. The molecule has 1 N–H and O–H groups in total. The highest BCUT2D eigenvalue weighted by atomic mass is 32.2. The zero-order chi connectivity index (χ0) is 15.9. The third-order valence-corrected chi connectivity index (χ3v) is 5.76. The minimum Gasteiger partial charge on any atom is -0.618 e. The van der Waals surface area contributed by atoms with Crippen LogP contribution in [0, 0.1) is 19.1 Å². The fourth-order valence-corrected chi connectivity index (χ4v) is 4.15. The van der Waals surface area contributed by atoms with E-state index in [4.69, 9.17) is 0 Å². The number of hydrogen-bond donors (Lipinski definition) is 1. The Bertz CT molecular complexity index is 901. The molecule has 0 saturated carbocycles. The smallest absolute Gasteiger partial charge is 0.259 e. The van der Waals surface area contributed by atoms with Crippen molar-refractivity contribution in [1.82, 2.24) is 9.97 Å². The Morgan fingerprint density at radius 2 is 2.18 bits per heavy atom. The Morgan fingerprint density at radius 1 is 1.41 bits per heavy atom. The van der Waals surface area contributed by atoms with Crippen molar-refractivity contribution in [2.75, 3.05) is 0 Å². The van der Waals surface area contributed by atoms with Crippen molar-refractivity contribution < 1.29 is 4.73 Å². The first-order valence-electron chi connectivity index (χ1n) is 6.82. The van der Waals surface area contributed by atoms with Crippen molar-refractivity contribution in [3.8, 4) is 0 Å². The second-order valence-corrected chi connectivity index (χ2v) is 7.60. The number of thiophene rings is 1. The first-order valence-corrected chi connectivity index (χ1v) is 8.51. The van der Waals surface area contributed by atoms with Crippen LogP contribution in [0.3, 0.4) is 0 Å². The van der Waals surface area contributed by atoms with Crippen LogP contribution >= 0.6 is 23.1 Å². The number of H-pyrrole nitrogens is 1. The van der Waals surface area contributed by atoms with Crippen LogP contribution in [-0.4, -0.2) is 9.97 Å². The molecule has 5 nitrogen and oxygen atoms in total. The predicted octanol–water partition coefficient (Wildman–Crippen LogP) is 3.09. The number of hydrogen-bond acceptors (Lipinski definition) is 5. The van der Waals surface area contributed by atoms with Gasteiger partial charge in [-0.1, -0.05) is 0 Å². The second-order valence-electron chi connectivity index (χ2n) is 5.04. The summed E-state index contributed by atoms with van der Waals surface area (Å²) in [5.41, 5.74) is 0.874. The van der Waals surface area contributed by atoms with Gasteiger partial charge in [-0.2, -0.15) is 4.73 Å². The van der Waals surface area contributed by atoms with Gasteiger partial charge in [0.1, 0.15) is 10.7 Å². The van der Waals surface area contributed by atoms with Crippen molar-refractivity contribution >= 4 is 33.3 Å². The third kappa shape index (κ3) is 2.62. The quantitative estimate of drug-likeness (QED) is 0.454. The Morgan fingerprint density at radius 3 is 2.91 bits per heavy atom. The molecule has 7 heteroatoms. The van der Waals surface area contributed by atoms with Crippen molar-refractivity contribution in [3.63, 3.8) is 0 Å². The Balaban J connectivity index is 2.00. The fraction of sp³-hybridized carbons (Fsp3) is 0.267. The molecule has 0 aliphatic carbocycles. The maximum absolute atomic E-state index is 12.3. The van der Waals surface area contributed by atoms with Crippen LogP contribution in [0.5, 0.6) is 0 Å². The fourth-order valence-electron chi connectivity index (χ4n) is 2.20. The van der Waals surface area contributed by atoms with Crippen molar-refractivity contribution in [1.29, 1.82) is 0 Å². The average Bonchev–Trinajstić information content (AvgIpc) is 2.76. The molecule has 3 rings (SSSR count). The van der Waals surface area contributed by atoms with Gasteiger partial charge in [0.05, 0.1) is 10.6 Å². The van der Waals surface area contributed by atoms with E-state index in [1.54, 1.807) is 12.1 Å². The zero-order valence-electron chi connectivity index (χ0n) is 12.4. The lowest BCUT2D eigenvalue weighted by atomic mass is 10.2. The molecule has 3 aromatic heterocycles. The van der Waals surface area contributed by atoms with Gasteiger partial charge >= 0.3 is 0 Å². The minimum atomic E-state index is -0.123. The molecule has 0 fully saturated rings. The summed E-state index contributed by atoms with van der Waals surface area (Å²) in [5.74, 6) is 0.590. The summed E-state index contributed by atoms with van der Waals surface area (Å²) in [6.45, 7) is 5.85. The number of fused-ring (bicyclic) bond motifs is 1. The molecular formula is C15H15N3O2S2. The van der Waals surface area contributed by atoms with Crippen LogP contribution in [0.4, 0.5) is 0 Å². The van der Waals surface area contributed by atoms with E-state index in [9.17, 15) is 10.0 Å². The second kappa shape index (κ2) is 5.73. The van der Waals surface area contributed by atoms with Crippen molar-refractivity contribution in [2.24, 2.45) is 0 Å². The van der Waals surface area contributed by atoms with Gasteiger partial charge in [-0.25, -0.2) is 4.98 Å². The van der Waals surface area contributed by atoms with Crippen LogP contribution in [0.2, 0.25) is 0 Å². The molecule has 0 bridgehead atoms. The summed E-state index contributed by atoms with van der Waals surface area (Å²) in [7, 11) is 0. The van der Waals surface area contributed by atoms with Gasteiger partial charge in [0.15, 0.2) is 6.20 Å². The van der Waals surface area contributed by atoms with Crippen LogP contribution in [0.1, 0.15) is 28.4 Å². The number of aromatic nitrogens is 3. The van der Waals surface area contributed by atoms with E-state index < -0.39 is 0 Å². The highest BCUT2D eigenvalue weighted by molar-refractivity contribution is 7.99. The molecule has 114 valence electrons. The molecular weight excluding hydrogens is 318 g/mol. The van der Waals surface area contributed by atoms with Gasteiger partial charge in [0, 0.05) is 17.0 Å². The van der Waals surface area contributed by atoms with Gasteiger partial charge in [0.25, 0.3) is 10.6 Å². The number of rotatable bonds is 3. The highest BCUT2D eigenvalue weighted by Crippen LogP contribution is 2.32.